The quantitative estimate of drug-likeness (QED) is 0.670. The van der Waals surface area contributed by atoms with Crippen molar-refractivity contribution in [2.24, 2.45) is 0 Å². The predicted octanol–water partition coefficient (Wildman–Crippen LogP) is 3.92. The Bertz CT molecular complexity index is 953. The summed E-state index contributed by atoms with van der Waals surface area (Å²) in [4.78, 5) is 16.8. The summed E-state index contributed by atoms with van der Waals surface area (Å²) < 4.78 is 25.7. The standard InChI is InChI=1S/C26H35FN4O3/c1-18-16-31(17-19(2)34-18)25-9-4-20(14-24(25)27)15-28-26(32)29-21-10-12-30(13-11-21)22-5-7-23(33-3)8-6-22/h4-9,14,18-19,21H,10-13,15-17H2,1-3H3,(H2,28,29,32). The maximum absolute atomic E-state index is 14.8. The summed E-state index contributed by atoms with van der Waals surface area (Å²) in [6, 6.07) is 13.1. The van der Waals surface area contributed by atoms with E-state index < -0.39 is 0 Å². The molecule has 0 radical (unpaired) electrons. The molecule has 2 atom stereocenters. The van der Waals surface area contributed by atoms with Gasteiger partial charge in [-0.05, 0) is 68.7 Å². The number of carbonyl (C=O) groups excluding carboxylic acids is 1. The topological polar surface area (TPSA) is 66.1 Å². The zero-order chi connectivity index (χ0) is 24.1. The summed E-state index contributed by atoms with van der Waals surface area (Å²) in [5.41, 5.74) is 2.48. The molecular formula is C26H35FN4O3. The zero-order valence-electron chi connectivity index (χ0n) is 20.2. The lowest BCUT2D eigenvalue weighted by atomic mass is 10.0. The molecule has 2 amide bonds. The number of halogens is 1. The van der Waals surface area contributed by atoms with Crippen molar-refractivity contribution < 1.29 is 18.7 Å². The molecule has 2 aliphatic rings. The van der Waals surface area contributed by atoms with Crippen LogP contribution in [0.4, 0.5) is 20.6 Å². The monoisotopic (exact) mass is 470 g/mol. The molecule has 2 unspecified atom stereocenters. The Morgan fingerprint density at radius 2 is 1.74 bits per heavy atom. The minimum absolute atomic E-state index is 0.0660. The van der Waals surface area contributed by atoms with Crippen LogP contribution >= 0.6 is 0 Å². The van der Waals surface area contributed by atoms with Crippen molar-refractivity contribution in [3.63, 3.8) is 0 Å². The first kappa shape index (κ1) is 24.1. The van der Waals surface area contributed by atoms with Crippen LogP contribution in [0.5, 0.6) is 5.75 Å². The van der Waals surface area contributed by atoms with Crippen molar-refractivity contribution in [3.05, 3.63) is 53.8 Å². The van der Waals surface area contributed by atoms with E-state index in [-0.39, 0.29) is 36.6 Å². The molecule has 0 bridgehead atoms. The third kappa shape index (κ3) is 6.11. The van der Waals surface area contributed by atoms with Gasteiger partial charge in [0.15, 0.2) is 0 Å². The molecule has 2 saturated heterocycles. The van der Waals surface area contributed by atoms with Crippen LogP contribution in [0.15, 0.2) is 42.5 Å². The molecule has 2 heterocycles. The fraction of sp³-hybridized carbons (Fsp3) is 0.500. The van der Waals surface area contributed by atoms with Crippen molar-refractivity contribution in [1.82, 2.24) is 10.6 Å². The van der Waals surface area contributed by atoms with Crippen molar-refractivity contribution in [1.29, 1.82) is 0 Å². The predicted molar refractivity (Wildman–Crippen MR) is 132 cm³/mol. The van der Waals surface area contributed by atoms with E-state index in [1.165, 1.54) is 6.07 Å². The van der Waals surface area contributed by atoms with Crippen molar-refractivity contribution >= 4 is 17.4 Å². The molecule has 184 valence electrons. The number of hydrogen-bond acceptors (Lipinski definition) is 5. The van der Waals surface area contributed by atoms with Crippen LogP contribution in [0.3, 0.4) is 0 Å². The molecule has 0 aliphatic carbocycles. The maximum Gasteiger partial charge on any atom is 0.315 e. The van der Waals surface area contributed by atoms with Gasteiger partial charge in [-0.2, -0.15) is 0 Å². The smallest absolute Gasteiger partial charge is 0.315 e. The molecule has 0 spiro atoms. The van der Waals surface area contributed by atoms with Crippen LogP contribution in [-0.2, 0) is 11.3 Å². The number of methoxy groups -OCH3 is 1. The lowest BCUT2D eigenvalue weighted by Crippen LogP contribution is -2.47. The first-order chi connectivity index (χ1) is 16.4. The van der Waals surface area contributed by atoms with Gasteiger partial charge < -0.3 is 29.9 Å². The second kappa shape index (κ2) is 11.0. The van der Waals surface area contributed by atoms with Crippen molar-refractivity contribution in [3.8, 4) is 5.75 Å². The van der Waals surface area contributed by atoms with Crippen LogP contribution in [0.1, 0.15) is 32.3 Å². The molecule has 34 heavy (non-hydrogen) atoms. The number of ether oxygens (including phenoxy) is 2. The van der Waals surface area contributed by atoms with E-state index >= 15 is 0 Å². The Morgan fingerprint density at radius 3 is 2.35 bits per heavy atom. The van der Waals surface area contributed by atoms with Gasteiger partial charge in [0.05, 0.1) is 25.0 Å². The van der Waals surface area contributed by atoms with Crippen LogP contribution in [0, 0.1) is 5.82 Å². The van der Waals surface area contributed by atoms with Gasteiger partial charge >= 0.3 is 6.03 Å². The SMILES string of the molecule is COc1ccc(N2CCC(NC(=O)NCc3ccc(N4CC(C)OC(C)C4)c(F)c3)CC2)cc1. The molecule has 2 aromatic carbocycles. The zero-order valence-corrected chi connectivity index (χ0v) is 20.2. The third-order valence-electron chi connectivity index (χ3n) is 6.49. The normalized spacial score (nSPS) is 21.3. The van der Waals surface area contributed by atoms with E-state index in [0.29, 0.717) is 18.8 Å². The van der Waals surface area contributed by atoms with Gasteiger partial charge in [0, 0.05) is 44.5 Å². The minimum atomic E-state index is -0.271. The Hall–Kier alpha value is -3.00. The van der Waals surface area contributed by atoms with Crippen molar-refractivity contribution in [2.75, 3.05) is 43.1 Å². The van der Waals surface area contributed by atoms with Gasteiger partial charge in [-0.3, -0.25) is 0 Å². The molecule has 2 aliphatic heterocycles. The third-order valence-corrected chi connectivity index (χ3v) is 6.49. The molecule has 2 aromatic rings. The van der Waals surface area contributed by atoms with E-state index in [4.69, 9.17) is 9.47 Å². The highest BCUT2D eigenvalue weighted by molar-refractivity contribution is 5.74. The number of urea groups is 1. The number of hydrogen-bond donors (Lipinski definition) is 2. The number of nitrogens with zero attached hydrogens (tertiary/aromatic N) is 2. The van der Waals surface area contributed by atoms with Gasteiger partial charge in [0.1, 0.15) is 11.6 Å². The average molecular weight is 471 g/mol. The molecular weight excluding hydrogens is 435 g/mol. The number of benzene rings is 2. The Labute approximate surface area is 201 Å². The van der Waals surface area contributed by atoms with Crippen LogP contribution < -0.4 is 25.2 Å². The lowest BCUT2D eigenvalue weighted by Gasteiger charge is -2.37. The number of morpholine rings is 1. The highest BCUT2D eigenvalue weighted by Crippen LogP contribution is 2.25. The Kier molecular flexibility index (Phi) is 7.77. The van der Waals surface area contributed by atoms with Gasteiger partial charge in [-0.25, -0.2) is 9.18 Å². The van der Waals surface area contributed by atoms with Crippen LogP contribution in [-0.4, -0.2) is 57.6 Å². The first-order valence-corrected chi connectivity index (χ1v) is 12.0. The summed E-state index contributed by atoms with van der Waals surface area (Å²) >= 11 is 0. The average Bonchev–Trinajstić information content (AvgIpc) is 2.83. The molecule has 4 rings (SSSR count). The van der Waals surface area contributed by atoms with E-state index in [1.807, 2.05) is 36.9 Å². The molecule has 2 fully saturated rings. The second-order valence-electron chi connectivity index (χ2n) is 9.23. The van der Waals surface area contributed by atoms with E-state index in [2.05, 4.69) is 27.7 Å². The summed E-state index contributed by atoms with van der Waals surface area (Å²) in [5.74, 6) is 0.573. The van der Waals surface area contributed by atoms with E-state index in [1.54, 1.807) is 13.2 Å². The van der Waals surface area contributed by atoms with E-state index in [9.17, 15) is 9.18 Å². The molecule has 0 saturated carbocycles. The summed E-state index contributed by atoms with van der Waals surface area (Å²) in [5, 5.41) is 5.92. The van der Waals surface area contributed by atoms with Gasteiger partial charge in [-0.1, -0.05) is 6.07 Å². The molecule has 7 nitrogen and oxygen atoms in total. The van der Waals surface area contributed by atoms with Gasteiger partial charge in [0.25, 0.3) is 0 Å². The molecule has 2 N–H and O–H groups in total. The summed E-state index contributed by atoms with van der Waals surface area (Å²) in [6.07, 6.45) is 1.88. The largest absolute Gasteiger partial charge is 0.497 e. The summed E-state index contributed by atoms with van der Waals surface area (Å²) in [7, 11) is 1.66. The highest BCUT2D eigenvalue weighted by Gasteiger charge is 2.24. The molecule has 0 aromatic heterocycles. The highest BCUT2D eigenvalue weighted by atomic mass is 19.1. The van der Waals surface area contributed by atoms with Gasteiger partial charge in [-0.15, -0.1) is 0 Å². The van der Waals surface area contributed by atoms with Crippen molar-refractivity contribution in [2.45, 2.75) is 51.5 Å². The fourth-order valence-electron chi connectivity index (χ4n) is 4.79. The minimum Gasteiger partial charge on any atom is -0.497 e. The maximum atomic E-state index is 14.8. The number of nitrogens with one attached hydrogen (secondary N) is 2. The number of piperidine rings is 1. The van der Waals surface area contributed by atoms with E-state index in [0.717, 1.165) is 42.9 Å². The number of carbonyl (C=O) groups is 1. The Morgan fingerprint density at radius 1 is 1.06 bits per heavy atom. The lowest BCUT2D eigenvalue weighted by molar-refractivity contribution is -0.00539. The summed E-state index contributed by atoms with van der Waals surface area (Å²) in [6.45, 7) is 7.37. The number of rotatable bonds is 6. The number of amides is 2. The van der Waals surface area contributed by atoms with Crippen LogP contribution in [0.2, 0.25) is 0 Å². The Balaban J connectivity index is 1.22. The van der Waals surface area contributed by atoms with Crippen LogP contribution in [0.25, 0.3) is 0 Å². The molecule has 8 heteroatoms. The number of anilines is 2. The fourth-order valence-corrected chi connectivity index (χ4v) is 4.79. The second-order valence-corrected chi connectivity index (χ2v) is 9.23. The first-order valence-electron chi connectivity index (χ1n) is 12.0. The van der Waals surface area contributed by atoms with Gasteiger partial charge in [0.2, 0.25) is 0 Å².